The number of aryl methyl sites for hydroxylation is 1. The molecule has 6 nitrogen and oxygen atoms in total. The number of methoxy groups -OCH3 is 1. The van der Waals surface area contributed by atoms with Crippen LogP contribution in [-0.2, 0) is 4.79 Å². The van der Waals surface area contributed by atoms with Gasteiger partial charge in [-0.2, -0.15) is 0 Å². The van der Waals surface area contributed by atoms with Gasteiger partial charge >= 0.3 is 0 Å². The Hall–Kier alpha value is -2.34. The van der Waals surface area contributed by atoms with Gasteiger partial charge in [-0.3, -0.25) is 4.79 Å². The van der Waals surface area contributed by atoms with E-state index in [4.69, 9.17) is 16.3 Å². The summed E-state index contributed by atoms with van der Waals surface area (Å²) < 4.78 is 5.45. The Morgan fingerprint density at radius 1 is 1.33 bits per heavy atom. The summed E-state index contributed by atoms with van der Waals surface area (Å²) in [5.41, 5.74) is 2.12. The molecule has 0 aliphatic carbocycles. The number of halogens is 1. The Morgan fingerprint density at radius 3 is 2.85 bits per heavy atom. The number of hydrogen-bond donors (Lipinski definition) is 1. The Kier molecular flexibility index (Phi) is 6.16. The summed E-state index contributed by atoms with van der Waals surface area (Å²) >= 11 is 5.81. The zero-order valence-electron chi connectivity index (χ0n) is 15.9. The molecular formula is C20H25ClN4O2. The molecule has 0 spiro atoms. The van der Waals surface area contributed by atoms with Gasteiger partial charge in [0.15, 0.2) is 11.0 Å². The van der Waals surface area contributed by atoms with E-state index in [1.807, 2.05) is 32.0 Å². The van der Waals surface area contributed by atoms with Crippen molar-refractivity contribution in [1.82, 2.24) is 15.5 Å². The van der Waals surface area contributed by atoms with Crippen molar-refractivity contribution in [3.63, 3.8) is 0 Å². The minimum Gasteiger partial charge on any atom is -0.496 e. The highest BCUT2D eigenvalue weighted by Gasteiger charge is 2.28. The molecule has 27 heavy (non-hydrogen) atoms. The van der Waals surface area contributed by atoms with E-state index in [0.29, 0.717) is 11.7 Å². The Morgan fingerprint density at radius 2 is 2.15 bits per heavy atom. The molecule has 1 aromatic carbocycles. The van der Waals surface area contributed by atoms with Crippen molar-refractivity contribution in [2.75, 3.05) is 25.1 Å². The van der Waals surface area contributed by atoms with Crippen LogP contribution in [0.1, 0.15) is 36.9 Å². The Labute approximate surface area is 164 Å². The molecule has 3 rings (SSSR count). The molecule has 0 saturated carbocycles. The van der Waals surface area contributed by atoms with Gasteiger partial charge in [0.1, 0.15) is 5.75 Å². The maximum Gasteiger partial charge on any atom is 0.225 e. The third-order valence-corrected chi connectivity index (χ3v) is 5.15. The summed E-state index contributed by atoms with van der Waals surface area (Å²) in [5.74, 6) is 1.51. The Balaban J connectivity index is 1.67. The molecule has 1 fully saturated rings. The summed E-state index contributed by atoms with van der Waals surface area (Å²) in [4.78, 5) is 15.0. The fourth-order valence-corrected chi connectivity index (χ4v) is 3.58. The molecule has 144 valence electrons. The quantitative estimate of drug-likeness (QED) is 0.848. The monoisotopic (exact) mass is 388 g/mol. The number of anilines is 1. The van der Waals surface area contributed by atoms with Crippen molar-refractivity contribution in [3.8, 4) is 5.75 Å². The molecule has 0 radical (unpaired) electrons. The van der Waals surface area contributed by atoms with Gasteiger partial charge in [0.2, 0.25) is 5.91 Å². The molecule has 7 heteroatoms. The first-order valence-electron chi connectivity index (χ1n) is 9.17. The second kappa shape index (κ2) is 8.57. The van der Waals surface area contributed by atoms with Crippen molar-refractivity contribution in [2.45, 2.75) is 32.7 Å². The van der Waals surface area contributed by atoms with Crippen LogP contribution in [0.3, 0.4) is 0 Å². The van der Waals surface area contributed by atoms with Gasteiger partial charge in [-0.1, -0.05) is 29.3 Å². The van der Waals surface area contributed by atoms with Gasteiger partial charge in [0, 0.05) is 18.7 Å². The van der Waals surface area contributed by atoms with Crippen LogP contribution >= 0.6 is 11.6 Å². The van der Waals surface area contributed by atoms with Crippen molar-refractivity contribution in [3.05, 3.63) is 46.6 Å². The molecule has 2 aromatic rings. The summed E-state index contributed by atoms with van der Waals surface area (Å²) in [6.07, 6.45) is 1.80. The number of aromatic nitrogens is 2. The molecule has 1 saturated heterocycles. The van der Waals surface area contributed by atoms with E-state index < -0.39 is 0 Å². The lowest BCUT2D eigenvalue weighted by Crippen LogP contribution is -2.44. The number of piperidine rings is 1. The number of rotatable bonds is 5. The van der Waals surface area contributed by atoms with Crippen molar-refractivity contribution >= 4 is 23.3 Å². The van der Waals surface area contributed by atoms with Crippen LogP contribution in [0.4, 0.5) is 5.82 Å². The minimum atomic E-state index is -0.127. The molecule has 2 atom stereocenters. The van der Waals surface area contributed by atoms with Gasteiger partial charge in [-0.25, -0.2) is 0 Å². The SMILES string of the molecule is COc1ccc(C)cc1[C@@H](C)NC(=O)[C@H]1CCCN(c2ccc(Cl)nn2)C1. The number of amides is 1. The van der Waals surface area contributed by atoms with Crippen LogP contribution < -0.4 is 15.0 Å². The molecular weight excluding hydrogens is 364 g/mol. The van der Waals surface area contributed by atoms with Crippen LogP contribution in [-0.4, -0.2) is 36.3 Å². The topological polar surface area (TPSA) is 67.3 Å². The van der Waals surface area contributed by atoms with Crippen LogP contribution in [0.25, 0.3) is 0 Å². The summed E-state index contributed by atoms with van der Waals surface area (Å²) in [5, 5.41) is 11.5. The number of ether oxygens (including phenoxy) is 1. The van der Waals surface area contributed by atoms with Crippen LogP contribution in [0.15, 0.2) is 30.3 Å². The number of carbonyl (C=O) groups excluding carboxylic acids is 1. The summed E-state index contributed by atoms with van der Waals surface area (Å²) in [6, 6.07) is 9.44. The highest BCUT2D eigenvalue weighted by atomic mass is 35.5. The van der Waals surface area contributed by atoms with E-state index in [-0.39, 0.29) is 17.9 Å². The van der Waals surface area contributed by atoms with Gasteiger partial charge in [0.25, 0.3) is 0 Å². The van der Waals surface area contributed by atoms with E-state index in [1.54, 1.807) is 13.2 Å². The highest BCUT2D eigenvalue weighted by Crippen LogP contribution is 2.27. The second-order valence-electron chi connectivity index (χ2n) is 6.98. The first kappa shape index (κ1) is 19.4. The van der Waals surface area contributed by atoms with E-state index in [0.717, 1.165) is 42.1 Å². The fraction of sp³-hybridized carbons (Fsp3) is 0.450. The normalized spacial score (nSPS) is 18.1. The third-order valence-electron chi connectivity index (χ3n) is 4.94. The van der Waals surface area contributed by atoms with Crippen LogP contribution in [0.5, 0.6) is 5.75 Å². The molecule has 1 aliphatic heterocycles. The lowest BCUT2D eigenvalue weighted by molar-refractivity contribution is -0.125. The summed E-state index contributed by atoms with van der Waals surface area (Å²) in [7, 11) is 1.65. The predicted octanol–water partition coefficient (Wildman–Crippen LogP) is 3.54. The summed E-state index contributed by atoms with van der Waals surface area (Å²) in [6.45, 7) is 5.51. The zero-order valence-corrected chi connectivity index (χ0v) is 16.7. The molecule has 0 bridgehead atoms. The number of nitrogens with zero attached hydrogens (tertiary/aromatic N) is 3. The average molecular weight is 389 g/mol. The molecule has 1 N–H and O–H groups in total. The molecule has 2 heterocycles. The number of carbonyl (C=O) groups is 1. The maximum atomic E-state index is 12.9. The molecule has 0 unspecified atom stereocenters. The molecule has 1 aromatic heterocycles. The van der Waals surface area contributed by atoms with E-state index >= 15 is 0 Å². The van der Waals surface area contributed by atoms with Crippen molar-refractivity contribution in [1.29, 1.82) is 0 Å². The standard InChI is InChI=1S/C20H25ClN4O2/c1-13-6-7-17(27-3)16(11-13)14(2)22-20(26)15-5-4-10-25(12-15)19-9-8-18(21)23-24-19/h6-9,11,14-15H,4-5,10,12H2,1-3H3,(H,22,26)/t14-,15+/m1/s1. The van der Waals surface area contributed by atoms with Gasteiger partial charge in [-0.05, 0) is 44.9 Å². The van der Waals surface area contributed by atoms with Crippen molar-refractivity contribution in [2.24, 2.45) is 5.92 Å². The second-order valence-corrected chi connectivity index (χ2v) is 7.36. The third kappa shape index (κ3) is 4.69. The van der Waals surface area contributed by atoms with E-state index in [1.165, 1.54) is 0 Å². The van der Waals surface area contributed by atoms with Crippen LogP contribution in [0.2, 0.25) is 5.15 Å². The largest absolute Gasteiger partial charge is 0.496 e. The predicted molar refractivity (Wildman–Crippen MR) is 106 cm³/mol. The number of benzene rings is 1. The number of nitrogens with one attached hydrogen (secondary N) is 1. The van der Waals surface area contributed by atoms with Gasteiger partial charge in [-0.15, -0.1) is 10.2 Å². The molecule has 1 amide bonds. The first-order chi connectivity index (χ1) is 13.0. The lowest BCUT2D eigenvalue weighted by Gasteiger charge is -2.33. The molecule has 1 aliphatic rings. The zero-order chi connectivity index (χ0) is 19.4. The fourth-order valence-electron chi connectivity index (χ4n) is 3.48. The van der Waals surface area contributed by atoms with Gasteiger partial charge < -0.3 is 15.0 Å². The maximum absolute atomic E-state index is 12.9. The minimum absolute atomic E-state index is 0.0534. The number of hydrogen-bond acceptors (Lipinski definition) is 5. The first-order valence-corrected chi connectivity index (χ1v) is 9.55. The average Bonchev–Trinajstić information content (AvgIpc) is 2.68. The van der Waals surface area contributed by atoms with Crippen LogP contribution in [0, 0.1) is 12.8 Å². The Bertz CT molecular complexity index is 797. The lowest BCUT2D eigenvalue weighted by atomic mass is 9.96. The van der Waals surface area contributed by atoms with E-state index in [9.17, 15) is 4.79 Å². The van der Waals surface area contributed by atoms with E-state index in [2.05, 4.69) is 26.5 Å². The highest BCUT2D eigenvalue weighted by molar-refractivity contribution is 6.29. The van der Waals surface area contributed by atoms with Gasteiger partial charge in [0.05, 0.1) is 19.1 Å². The smallest absolute Gasteiger partial charge is 0.225 e. The van der Waals surface area contributed by atoms with Crippen molar-refractivity contribution < 1.29 is 9.53 Å².